The minimum Gasteiger partial charge on any atom is -0.456 e. The highest BCUT2D eigenvalue weighted by atomic mass is 16.3. The van der Waals surface area contributed by atoms with E-state index < -0.39 is 0 Å². The molecule has 0 saturated heterocycles. The molecule has 1 aliphatic carbocycles. The van der Waals surface area contributed by atoms with E-state index in [9.17, 15) is 0 Å². The van der Waals surface area contributed by atoms with Crippen molar-refractivity contribution in [3.63, 3.8) is 0 Å². The molecule has 0 N–H and O–H groups in total. The van der Waals surface area contributed by atoms with Crippen LogP contribution in [0.2, 0.25) is 0 Å². The predicted molar refractivity (Wildman–Crippen MR) is 237 cm³/mol. The number of aromatic nitrogens is 3. The third-order valence-corrected chi connectivity index (χ3v) is 11.8. The Hall–Kier alpha value is -7.43. The summed E-state index contributed by atoms with van der Waals surface area (Å²) in [6.45, 7) is 4.65. The summed E-state index contributed by atoms with van der Waals surface area (Å²) in [5.74, 6) is 1.82. The summed E-state index contributed by atoms with van der Waals surface area (Å²) in [6.07, 6.45) is 0. The molecule has 0 bridgehead atoms. The molecule has 2 heterocycles. The van der Waals surface area contributed by atoms with E-state index >= 15 is 0 Å². The van der Waals surface area contributed by atoms with Crippen LogP contribution in [0, 0.1) is 0 Å². The lowest BCUT2D eigenvalue weighted by Crippen LogP contribution is -2.14. The smallest absolute Gasteiger partial charge is 0.164 e. The first kappa shape index (κ1) is 33.9. The van der Waals surface area contributed by atoms with Gasteiger partial charge in [0, 0.05) is 32.9 Å². The Kier molecular flexibility index (Phi) is 7.80. The van der Waals surface area contributed by atoms with Crippen molar-refractivity contribution >= 4 is 21.9 Å². The van der Waals surface area contributed by atoms with E-state index in [0.29, 0.717) is 17.5 Å². The van der Waals surface area contributed by atoms with Crippen LogP contribution in [0.4, 0.5) is 0 Å². The van der Waals surface area contributed by atoms with Crippen molar-refractivity contribution in [3.05, 3.63) is 199 Å². The molecule has 58 heavy (non-hydrogen) atoms. The van der Waals surface area contributed by atoms with Crippen LogP contribution < -0.4 is 0 Å². The van der Waals surface area contributed by atoms with Crippen LogP contribution in [0.3, 0.4) is 0 Å². The van der Waals surface area contributed by atoms with Gasteiger partial charge in [-0.05, 0) is 79.9 Å². The molecule has 1 aliphatic rings. The highest BCUT2D eigenvalue weighted by molar-refractivity contribution is 6.12. The van der Waals surface area contributed by atoms with Crippen LogP contribution >= 0.6 is 0 Å². The van der Waals surface area contributed by atoms with Crippen molar-refractivity contribution in [3.8, 4) is 78.7 Å². The van der Waals surface area contributed by atoms with E-state index in [4.69, 9.17) is 19.4 Å². The molecule has 10 aromatic rings. The van der Waals surface area contributed by atoms with Crippen LogP contribution in [0.15, 0.2) is 192 Å². The van der Waals surface area contributed by atoms with Crippen molar-refractivity contribution in [1.29, 1.82) is 0 Å². The molecule has 0 aliphatic heterocycles. The van der Waals surface area contributed by atoms with Gasteiger partial charge in [-0.15, -0.1) is 0 Å². The molecule has 4 heteroatoms. The van der Waals surface area contributed by atoms with E-state index in [1.54, 1.807) is 0 Å². The minimum absolute atomic E-state index is 0.00608. The fourth-order valence-corrected chi connectivity index (χ4v) is 8.83. The Morgan fingerprint density at radius 1 is 0.345 bits per heavy atom. The quantitative estimate of drug-likeness (QED) is 0.170. The van der Waals surface area contributed by atoms with Gasteiger partial charge in [-0.1, -0.05) is 178 Å². The lowest BCUT2D eigenvalue weighted by Gasteiger charge is -2.21. The second kappa shape index (κ2) is 13.4. The molecule has 2 aromatic heterocycles. The number of hydrogen-bond acceptors (Lipinski definition) is 4. The lowest BCUT2D eigenvalue weighted by atomic mass is 9.82. The third-order valence-electron chi connectivity index (χ3n) is 11.8. The average Bonchev–Trinajstić information content (AvgIpc) is 3.78. The zero-order valence-electron chi connectivity index (χ0n) is 32.1. The number of rotatable bonds is 6. The van der Waals surface area contributed by atoms with Crippen molar-refractivity contribution in [2.24, 2.45) is 0 Å². The number of nitrogens with zero attached hydrogens (tertiary/aromatic N) is 3. The van der Waals surface area contributed by atoms with Crippen LogP contribution in [0.5, 0.6) is 0 Å². The van der Waals surface area contributed by atoms with Gasteiger partial charge in [-0.2, -0.15) is 0 Å². The fraction of sp³-hybridized carbons (Fsp3) is 0.0556. The maximum atomic E-state index is 6.49. The Bertz CT molecular complexity index is 3180. The summed E-state index contributed by atoms with van der Waals surface area (Å²) >= 11 is 0. The molecule has 0 saturated carbocycles. The Balaban J connectivity index is 1.01. The van der Waals surface area contributed by atoms with E-state index in [0.717, 1.165) is 60.9 Å². The maximum Gasteiger partial charge on any atom is 0.164 e. The molecular formula is C54H37N3O. The summed E-state index contributed by atoms with van der Waals surface area (Å²) in [5, 5.41) is 1.99. The van der Waals surface area contributed by atoms with Gasteiger partial charge in [0.05, 0.1) is 0 Å². The Morgan fingerprint density at radius 2 is 0.879 bits per heavy atom. The van der Waals surface area contributed by atoms with Gasteiger partial charge in [0.25, 0.3) is 0 Å². The zero-order valence-corrected chi connectivity index (χ0v) is 32.1. The molecule has 274 valence electrons. The number of hydrogen-bond donors (Lipinski definition) is 0. The standard InChI is InChI=1S/C54H37N3O/c1-54(2)46-22-12-11-19-41(46)44-32-38(28-30-47(44)54)34-24-26-35(27-25-34)39-29-31-48-45(33-39)50-43(21-13-23-49(50)58-48)53-56-51(37-16-7-4-8-17-37)55-52(57-53)42-20-10-9-18-40(42)36-14-5-3-6-15-36/h3-33H,1-2H3. The van der Waals surface area contributed by atoms with Crippen molar-refractivity contribution in [1.82, 2.24) is 15.0 Å². The number of fused-ring (bicyclic) bond motifs is 6. The summed E-state index contributed by atoms with van der Waals surface area (Å²) in [5.41, 5.74) is 16.6. The SMILES string of the molecule is CC1(C)c2ccccc2-c2cc(-c3ccc(-c4ccc5oc6cccc(-c7nc(-c8ccccc8)nc(-c8ccccc8-c8ccccc8)n7)c6c5c4)cc3)ccc21. The summed E-state index contributed by atoms with van der Waals surface area (Å²) in [4.78, 5) is 15.4. The molecule has 4 nitrogen and oxygen atoms in total. The van der Waals surface area contributed by atoms with E-state index in [-0.39, 0.29) is 5.41 Å². The second-order valence-electron chi connectivity index (χ2n) is 15.6. The van der Waals surface area contributed by atoms with Gasteiger partial charge in [-0.25, -0.2) is 15.0 Å². The summed E-state index contributed by atoms with van der Waals surface area (Å²) in [6, 6.07) is 66.1. The Morgan fingerprint density at radius 3 is 1.62 bits per heavy atom. The number of furan rings is 1. The Labute approximate surface area is 337 Å². The van der Waals surface area contributed by atoms with Gasteiger partial charge < -0.3 is 4.42 Å². The third kappa shape index (κ3) is 5.56. The van der Waals surface area contributed by atoms with Crippen LogP contribution in [0.1, 0.15) is 25.0 Å². The lowest BCUT2D eigenvalue weighted by molar-refractivity contribution is 0.660. The van der Waals surface area contributed by atoms with E-state index in [2.05, 4.69) is 147 Å². The van der Waals surface area contributed by atoms with Crippen LogP contribution in [0.25, 0.3) is 101 Å². The monoisotopic (exact) mass is 743 g/mol. The largest absolute Gasteiger partial charge is 0.456 e. The molecule has 11 rings (SSSR count). The van der Waals surface area contributed by atoms with Gasteiger partial charge in [0.1, 0.15) is 11.2 Å². The van der Waals surface area contributed by atoms with Gasteiger partial charge in [0.15, 0.2) is 17.5 Å². The highest BCUT2D eigenvalue weighted by Gasteiger charge is 2.35. The molecular weight excluding hydrogens is 707 g/mol. The maximum absolute atomic E-state index is 6.49. The summed E-state index contributed by atoms with van der Waals surface area (Å²) in [7, 11) is 0. The molecule has 0 amide bonds. The van der Waals surface area contributed by atoms with Crippen molar-refractivity contribution in [2.45, 2.75) is 19.3 Å². The van der Waals surface area contributed by atoms with Crippen LogP contribution in [-0.4, -0.2) is 15.0 Å². The van der Waals surface area contributed by atoms with E-state index in [1.165, 1.54) is 33.4 Å². The van der Waals surface area contributed by atoms with Gasteiger partial charge in [0.2, 0.25) is 0 Å². The molecule has 0 atom stereocenters. The molecule has 0 fully saturated rings. The second-order valence-corrected chi connectivity index (χ2v) is 15.6. The topological polar surface area (TPSA) is 51.8 Å². The zero-order chi connectivity index (χ0) is 38.8. The molecule has 8 aromatic carbocycles. The fourth-order valence-electron chi connectivity index (χ4n) is 8.83. The van der Waals surface area contributed by atoms with Crippen LogP contribution in [-0.2, 0) is 5.41 Å². The normalized spacial score (nSPS) is 12.8. The van der Waals surface area contributed by atoms with Crippen molar-refractivity contribution < 1.29 is 4.42 Å². The minimum atomic E-state index is -0.00608. The van der Waals surface area contributed by atoms with Gasteiger partial charge in [-0.3, -0.25) is 0 Å². The predicted octanol–water partition coefficient (Wildman–Crippen LogP) is 14.1. The molecule has 0 radical (unpaired) electrons. The number of benzene rings is 8. The molecule has 0 spiro atoms. The van der Waals surface area contributed by atoms with E-state index in [1.807, 2.05) is 54.6 Å². The molecule has 0 unspecified atom stereocenters. The average molecular weight is 744 g/mol. The highest BCUT2D eigenvalue weighted by Crippen LogP contribution is 2.49. The van der Waals surface area contributed by atoms with Gasteiger partial charge >= 0.3 is 0 Å². The first-order valence-corrected chi connectivity index (χ1v) is 19.8. The first-order chi connectivity index (χ1) is 28.5. The first-order valence-electron chi connectivity index (χ1n) is 19.8. The summed E-state index contributed by atoms with van der Waals surface area (Å²) < 4.78 is 6.49. The van der Waals surface area contributed by atoms with Crippen molar-refractivity contribution in [2.75, 3.05) is 0 Å².